The highest BCUT2D eigenvalue weighted by Gasteiger charge is 2.25. The highest BCUT2D eigenvalue weighted by Crippen LogP contribution is 2.17. The molecule has 0 aromatic rings. The molecule has 3 heteroatoms. The third kappa shape index (κ3) is 3.56. The minimum Gasteiger partial charge on any atom is -0.383 e. The Balaban J connectivity index is 2.19. The third-order valence-electron chi connectivity index (χ3n) is 3.03. The van der Waals surface area contributed by atoms with Gasteiger partial charge in [0.1, 0.15) is 0 Å². The summed E-state index contributed by atoms with van der Waals surface area (Å²) in [4.78, 5) is 2.53. The van der Waals surface area contributed by atoms with Crippen LogP contribution >= 0.6 is 0 Å². The molecule has 0 amide bonds. The topological polar surface area (TPSA) is 24.5 Å². The average molecular weight is 200 g/mol. The lowest BCUT2D eigenvalue weighted by Gasteiger charge is -2.23. The van der Waals surface area contributed by atoms with Crippen LogP contribution in [0.2, 0.25) is 0 Å². The van der Waals surface area contributed by atoms with E-state index in [4.69, 9.17) is 4.74 Å². The van der Waals surface area contributed by atoms with E-state index in [1.165, 1.54) is 26.1 Å². The lowest BCUT2D eigenvalue weighted by Crippen LogP contribution is -2.35. The van der Waals surface area contributed by atoms with Gasteiger partial charge < -0.3 is 10.1 Å². The SMILES string of the molecule is CCNCC1CCN(C(C)COC)C1. The van der Waals surface area contributed by atoms with Crippen molar-refractivity contribution in [2.45, 2.75) is 26.3 Å². The molecule has 14 heavy (non-hydrogen) atoms. The molecule has 1 N–H and O–H groups in total. The number of hydrogen-bond donors (Lipinski definition) is 1. The van der Waals surface area contributed by atoms with Gasteiger partial charge in [0.15, 0.2) is 0 Å². The van der Waals surface area contributed by atoms with Crippen LogP contribution in [0.5, 0.6) is 0 Å². The Morgan fingerprint density at radius 3 is 3.00 bits per heavy atom. The van der Waals surface area contributed by atoms with Gasteiger partial charge in [-0.25, -0.2) is 0 Å². The molecule has 0 radical (unpaired) electrons. The molecule has 1 heterocycles. The Morgan fingerprint density at radius 1 is 1.57 bits per heavy atom. The van der Waals surface area contributed by atoms with E-state index >= 15 is 0 Å². The minimum atomic E-state index is 0.576. The second-order valence-corrected chi connectivity index (χ2v) is 4.26. The molecule has 84 valence electrons. The molecule has 0 bridgehead atoms. The molecular formula is C11H24N2O. The fraction of sp³-hybridized carbons (Fsp3) is 1.00. The van der Waals surface area contributed by atoms with Gasteiger partial charge in [0, 0.05) is 19.7 Å². The van der Waals surface area contributed by atoms with Gasteiger partial charge in [-0.2, -0.15) is 0 Å². The summed E-state index contributed by atoms with van der Waals surface area (Å²) in [6.07, 6.45) is 1.33. The molecule has 0 aliphatic carbocycles. The second kappa shape index (κ2) is 6.38. The van der Waals surface area contributed by atoms with Crippen LogP contribution in [0, 0.1) is 5.92 Å². The van der Waals surface area contributed by atoms with Crippen molar-refractivity contribution in [3.8, 4) is 0 Å². The van der Waals surface area contributed by atoms with Crippen molar-refractivity contribution in [1.82, 2.24) is 10.2 Å². The number of methoxy groups -OCH3 is 1. The smallest absolute Gasteiger partial charge is 0.0615 e. The average Bonchev–Trinajstić information content (AvgIpc) is 2.63. The van der Waals surface area contributed by atoms with Crippen LogP contribution < -0.4 is 5.32 Å². The number of ether oxygens (including phenoxy) is 1. The zero-order chi connectivity index (χ0) is 10.4. The third-order valence-corrected chi connectivity index (χ3v) is 3.03. The molecule has 0 saturated carbocycles. The lowest BCUT2D eigenvalue weighted by atomic mass is 10.1. The van der Waals surface area contributed by atoms with E-state index in [9.17, 15) is 0 Å². The Kier molecular flexibility index (Phi) is 5.45. The van der Waals surface area contributed by atoms with Gasteiger partial charge in [0.25, 0.3) is 0 Å². The van der Waals surface area contributed by atoms with E-state index in [1.54, 1.807) is 7.11 Å². The first kappa shape index (κ1) is 12.0. The molecule has 0 spiro atoms. The molecule has 1 aliphatic heterocycles. The molecule has 1 saturated heterocycles. The molecule has 1 rings (SSSR count). The molecule has 1 aliphatic rings. The van der Waals surface area contributed by atoms with Gasteiger partial charge in [-0.15, -0.1) is 0 Å². The molecule has 0 aromatic heterocycles. The fourth-order valence-electron chi connectivity index (χ4n) is 2.12. The van der Waals surface area contributed by atoms with Gasteiger partial charge in [-0.1, -0.05) is 6.92 Å². The summed E-state index contributed by atoms with van der Waals surface area (Å²) in [5, 5.41) is 3.42. The minimum absolute atomic E-state index is 0.576. The second-order valence-electron chi connectivity index (χ2n) is 4.26. The summed E-state index contributed by atoms with van der Waals surface area (Å²) in [5.74, 6) is 0.842. The van der Waals surface area contributed by atoms with E-state index < -0.39 is 0 Å². The molecule has 2 atom stereocenters. The first-order chi connectivity index (χ1) is 6.77. The van der Waals surface area contributed by atoms with Crippen LogP contribution in [-0.4, -0.2) is 50.8 Å². The van der Waals surface area contributed by atoms with Crippen LogP contribution in [0.15, 0.2) is 0 Å². The van der Waals surface area contributed by atoms with Crippen molar-refractivity contribution in [2.75, 3.05) is 39.9 Å². The van der Waals surface area contributed by atoms with Gasteiger partial charge in [0.2, 0.25) is 0 Å². The maximum atomic E-state index is 5.18. The van der Waals surface area contributed by atoms with E-state index in [0.717, 1.165) is 19.1 Å². The molecule has 1 fully saturated rings. The first-order valence-corrected chi connectivity index (χ1v) is 5.71. The van der Waals surface area contributed by atoms with E-state index in [-0.39, 0.29) is 0 Å². The van der Waals surface area contributed by atoms with Gasteiger partial charge >= 0.3 is 0 Å². The number of hydrogen-bond acceptors (Lipinski definition) is 3. The van der Waals surface area contributed by atoms with Crippen molar-refractivity contribution < 1.29 is 4.74 Å². The quantitative estimate of drug-likeness (QED) is 0.691. The Morgan fingerprint density at radius 2 is 2.36 bits per heavy atom. The highest BCUT2D eigenvalue weighted by atomic mass is 16.5. The maximum Gasteiger partial charge on any atom is 0.0615 e. The molecular weight excluding hydrogens is 176 g/mol. The lowest BCUT2D eigenvalue weighted by molar-refractivity contribution is 0.112. The number of rotatable bonds is 6. The summed E-state index contributed by atoms with van der Waals surface area (Å²) >= 11 is 0. The zero-order valence-corrected chi connectivity index (χ0v) is 9.75. The highest BCUT2D eigenvalue weighted by molar-refractivity contribution is 4.80. The summed E-state index contributed by atoms with van der Waals surface area (Å²) in [7, 11) is 1.78. The summed E-state index contributed by atoms with van der Waals surface area (Å²) < 4.78 is 5.18. The van der Waals surface area contributed by atoms with Crippen molar-refractivity contribution in [2.24, 2.45) is 5.92 Å². The standard InChI is InChI=1S/C11H24N2O/c1-4-12-7-11-5-6-13(8-11)10(2)9-14-3/h10-12H,4-9H2,1-3H3. The van der Waals surface area contributed by atoms with Gasteiger partial charge in [-0.3, -0.25) is 4.90 Å². The largest absolute Gasteiger partial charge is 0.383 e. The van der Waals surface area contributed by atoms with E-state index in [2.05, 4.69) is 24.1 Å². The normalized spacial score (nSPS) is 25.5. The monoisotopic (exact) mass is 200 g/mol. The van der Waals surface area contributed by atoms with Crippen LogP contribution in [0.4, 0.5) is 0 Å². The van der Waals surface area contributed by atoms with Crippen LogP contribution in [-0.2, 0) is 4.74 Å². The molecule has 0 aromatic carbocycles. The van der Waals surface area contributed by atoms with Crippen molar-refractivity contribution in [3.63, 3.8) is 0 Å². The zero-order valence-electron chi connectivity index (χ0n) is 9.75. The number of nitrogens with zero attached hydrogens (tertiary/aromatic N) is 1. The number of likely N-dealkylation sites (tertiary alicyclic amines) is 1. The Bertz CT molecular complexity index is 152. The Hall–Kier alpha value is -0.120. The van der Waals surface area contributed by atoms with Crippen LogP contribution in [0.25, 0.3) is 0 Å². The fourth-order valence-corrected chi connectivity index (χ4v) is 2.12. The predicted molar refractivity (Wildman–Crippen MR) is 59.6 cm³/mol. The summed E-state index contributed by atoms with van der Waals surface area (Å²) in [6, 6.07) is 0.576. The van der Waals surface area contributed by atoms with Gasteiger partial charge in [-0.05, 0) is 38.9 Å². The maximum absolute atomic E-state index is 5.18. The van der Waals surface area contributed by atoms with Crippen molar-refractivity contribution in [3.05, 3.63) is 0 Å². The Labute approximate surface area is 87.8 Å². The van der Waals surface area contributed by atoms with E-state index in [1.807, 2.05) is 0 Å². The van der Waals surface area contributed by atoms with Crippen molar-refractivity contribution in [1.29, 1.82) is 0 Å². The van der Waals surface area contributed by atoms with Crippen LogP contribution in [0.1, 0.15) is 20.3 Å². The predicted octanol–water partition coefficient (Wildman–Crippen LogP) is 0.953. The molecule has 2 unspecified atom stereocenters. The first-order valence-electron chi connectivity index (χ1n) is 5.71. The summed E-state index contributed by atoms with van der Waals surface area (Å²) in [5.41, 5.74) is 0. The van der Waals surface area contributed by atoms with Gasteiger partial charge in [0.05, 0.1) is 6.61 Å². The van der Waals surface area contributed by atoms with Crippen LogP contribution in [0.3, 0.4) is 0 Å². The van der Waals surface area contributed by atoms with E-state index in [0.29, 0.717) is 6.04 Å². The summed E-state index contributed by atoms with van der Waals surface area (Å²) in [6.45, 7) is 10.0. The molecule has 3 nitrogen and oxygen atoms in total. The number of nitrogens with one attached hydrogen (secondary N) is 1. The van der Waals surface area contributed by atoms with Crippen molar-refractivity contribution >= 4 is 0 Å².